The third-order valence-electron chi connectivity index (χ3n) is 6.24. The van der Waals surface area contributed by atoms with Gasteiger partial charge in [-0.05, 0) is 75.3 Å². The van der Waals surface area contributed by atoms with Crippen LogP contribution in [0, 0.1) is 0 Å². The van der Waals surface area contributed by atoms with Gasteiger partial charge in [0.2, 0.25) is 5.91 Å². The number of aromatic nitrogens is 1. The molecular formula is C28H35N3O3. The van der Waals surface area contributed by atoms with E-state index in [4.69, 9.17) is 4.74 Å². The van der Waals surface area contributed by atoms with Crippen molar-refractivity contribution < 1.29 is 9.53 Å². The number of piperidine rings is 1. The number of rotatable bonds is 9. The minimum absolute atomic E-state index is 0.00812. The predicted molar refractivity (Wildman–Crippen MR) is 137 cm³/mol. The van der Waals surface area contributed by atoms with Crippen molar-refractivity contribution >= 4 is 16.7 Å². The van der Waals surface area contributed by atoms with E-state index in [9.17, 15) is 9.59 Å². The molecule has 0 aliphatic carbocycles. The Balaban J connectivity index is 1.57. The second-order valence-electron chi connectivity index (χ2n) is 9.36. The Hall–Kier alpha value is -3.12. The second-order valence-corrected chi connectivity index (χ2v) is 9.36. The smallest absolute Gasteiger partial charge is 0.259 e. The first-order chi connectivity index (χ1) is 16.5. The highest BCUT2D eigenvalue weighted by Crippen LogP contribution is 2.25. The summed E-state index contributed by atoms with van der Waals surface area (Å²) < 4.78 is 7.56. The largest absolute Gasteiger partial charge is 0.494 e. The van der Waals surface area contributed by atoms with E-state index in [1.165, 1.54) is 32.4 Å². The van der Waals surface area contributed by atoms with Crippen LogP contribution in [-0.4, -0.2) is 47.7 Å². The Morgan fingerprint density at radius 1 is 1.03 bits per heavy atom. The molecule has 2 heterocycles. The van der Waals surface area contributed by atoms with Gasteiger partial charge in [-0.3, -0.25) is 14.2 Å². The fourth-order valence-electron chi connectivity index (χ4n) is 4.59. The summed E-state index contributed by atoms with van der Waals surface area (Å²) >= 11 is 0. The molecule has 1 fully saturated rings. The lowest BCUT2D eigenvalue weighted by Crippen LogP contribution is -2.36. The van der Waals surface area contributed by atoms with Gasteiger partial charge in [-0.2, -0.15) is 0 Å². The maximum atomic E-state index is 13.6. The van der Waals surface area contributed by atoms with Crippen LogP contribution in [0.15, 0.2) is 59.4 Å². The summed E-state index contributed by atoms with van der Waals surface area (Å²) in [7, 11) is 0. The van der Waals surface area contributed by atoms with E-state index in [1.54, 1.807) is 4.57 Å². The highest BCUT2D eigenvalue weighted by atomic mass is 16.5. The van der Waals surface area contributed by atoms with Gasteiger partial charge in [0.05, 0.1) is 17.7 Å². The minimum Gasteiger partial charge on any atom is -0.494 e. The molecule has 1 aliphatic rings. The molecule has 1 N–H and O–H groups in total. The van der Waals surface area contributed by atoms with Crippen molar-refractivity contribution in [3.8, 4) is 17.0 Å². The molecule has 1 amide bonds. The van der Waals surface area contributed by atoms with Gasteiger partial charge < -0.3 is 15.0 Å². The molecule has 1 aromatic heterocycles. The minimum atomic E-state index is -0.186. The van der Waals surface area contributed by atoms with Gasteiger partial charge in [-0.1, -0.05) is 42.8 Å². The quantitative estimate of drug-likeness (QED) is 0.478. The average molecular weight is 462 g/mol. The number of ether oxygens (including phenoxy) is 1. The van der Waals surface area contributed by atoms with Crippen LogP contribution in [0.25, 0.3) is 22.0 Å². The summed E-state index contributed by atoms with van der Waals surface area (Å²) in [4.78, 5) is 28.6. The Bertz CT molecular complexity index is 1160. The van der Waals surface area contributed by atoms with E-state index < -0.39 is 0 Å². The zero-order valence-corrected chi connectivity index (χ0v) is 20.3. The molecule has 6 heteroatoms. The van der Waals surface area contributed by atoms with E-state index in [1.807, 2.05) is 68.4 Å². The van der Waals surface area contributed by atoms with Gasteiger partial charge in [0.25, 0.3) is 5.56 Å². The molecule has 0 unspecified atom stereocenters. The number of likely N-dealkylation sites (tertiary alicyclic amines) is 1. The summed E-state index contributed by atoms with van der Waals surface area (Å²) in [6.07, 6.45) is 4.88. The molecule has 180 valence electrons. The predicted octanol–water partition coefficient (Wildman–Crippen LogP) is 4.45. The first kappa shape index (κ1) is 24.0. The number of benzene rings is 2. The van der Waals surface area contributed by atoms with E-state index in [0.717, 1.165) is 29.6 Å². The van der Waals surface area contributed by atoms with Crippen LogP contribution in [0.2, 0.25) is 0 Å². The standard InChI is InChI=1S/C28H35N3O3/c1-21(2)29-27(32)20-31-26(22-10-5-3-6-11-22)18-23-12-13-24(19-25(23)28(31)33)34-17-9-16-30-14-7-4-8-15-30/h3,5-6,10-13,18-19,21H,4,7-9,14-17,20H2,1-2H3,(H,29,32). The summed E-state index contributed by atoms with van der Waals surface area (Å²) in [6.45, 7) is 7.83. The summed E-state index contributed by atoms with van der Waals surface area (Å²) in [5, 5.41) is 4.29. The molecular weight excluding hydrogens is 426 g/mol. The van der Waals surface area contributed by atoms with Gasteiger partial charge in [0.1, 0.15) is 12.3 Å². The highest BCUT2D eigenvalue weighted by Gasteiger charge is 2.15. The fourth-order valence-corrected chi connectivity index (χ4v) is 4.59. The number of carbonyl (C=O) groups excluding carboxylic acids is 1. The number of hydrogen-bond donors (Lipinski definition) is 1. The summed E-state index contributed by atoms with van der Waals surface area (Å²) in [5.41, 5.74) is 1.44. The Kier molecular flexibility index (Phi) is 8.01. The van der Waals surface area contributed by atoms with Crippen LogP contribution in [-0.2, 0) is 11.3 Å². The topological polar surface area (TPSA) is 63.6 Å². The zero-order chi connectivity index (χ0) is 23.9. The van der Waals surface area contributed by atoms with Crippen LogP contribution in [0.5, 0.6) is 5.75 Å². The SMILES string of the molecule is CC(C)NC(=O)Cn1c(-c2ccccc2)cc2ccc(OCCCN3CCCCC3)cc2c1=O. The van der Waals surface area contributed by atoms with E-state index >= 15 is 0 Å². The molecule has 0 saturated carbocycles. The second kappa shape index (κ2) is 11.3. The lowest BCUT2D eigenvalue weighted by Gasteiger charge is -2.26. The summed E-state index contributed by atoms with van der Waals surface area (Å²) in [5.74, 6) is 0.507. The Morgan fingerprint density at radius 3 is 2.53 bits per heavy atom. The molecule has 0 spiro atoms. The lowest BCUT2D eigenvalue weighted by molar-refractivity contribution is -0.122. The molecule has 1 saturated heterocycles. The first-order valence-corrected chi connectivity index (χ1v) is 12.4. The van der Waals surface area contributed by atoms with Gasteiger partial charge in [0.15, 0.2) is 0 Å². The van der Waals surface area contributed by atoms with Gasteiger partial charge in [-0.15, -0.1) is 0 Å². The molecule has 0 atom stereocenters. The van der Waals surface area contributed by atoms with Crippen molar-refractivity contribution in [3.05, 3.63) is 65.0 Å². The molecule has 0 radical (unpaired) electrons. The number of amides is 1. The molecule has 2 aromatic carbocycles. The number of carbonyl (C=O) groups is 1. The van der Waals surface area contributed by atoms with Crippen LogP contribution >= 0.6 is 0 Å². The third-order valence-corrected chi connectivity index (χ3v) is 6.24. The third kappa shape index (κ3) is 6.06. The molecule has 34 heavy (non-hydrogen) atoms. The number of fused-ring (bicyclic) bond motifs is 1. The van der Waals surface area contributed by atoms with Crippen molar-refractivity contribution in [1.82, 2.24) is 14.8 Å². The number of nitrogens with one attached hydrogen (secondary N) is 1. The van der Waals surface area contributed by atoms with E-state index in [0.29, 0.717) is 17.7 Å². The van der Waals surface area contributed by atoms with Crippen LogP contribution in [0.1, 0.15) is 39.5 Å². The van der Waals surface area contributed by atoms with Crippen molar-refractivity contribution in [2.45, 2.75) is 52.1 Å². The first-order valence-electron chi connectivity index (χ1n) is 12.4. The monoisotopic (exact) mass is 461 g/mol. The number of nitrogens with zero attached hydrogens (tertiary/aromatic N) is 2. The maximum absolute atomic E-state index is 13.6. The Labute approximate surface area is 201 Å². The number of hydrogen-bond acceptors (Lipinski definition) is 4. The van der Waals surface area contributed by atoms with Crippen molar-refractivity contribution in [2.24, 2.45) is 0 Å². The fraction of sp³-hybridized carbons (Fsp3) is 0.429. The molecule has 6 nitrogen and oxygen atoms in total. The van der Waals surface area contributed by atoms with Crippen molar-refractivity contribution in [1.29, 1.82) is 0 Å². The molecule has 0 bridgehead atoms. The Morgan fingerprint density at radius 2 is 1.79 bits per heavy atom. The average Bonchev–Trinajstić information content (AvgIpc) is 2.84. The van der Waals surface area contributed by atoms with Crippen molar-refractivity contribution in [3.63, 3.8) is 0 Å². The molecule has 4 rings (SSSR count). The van der Waals surface area contributed by atoms with Crippen LogP contribution in [0.4, 0.5) is 0 Å². The molecule has 3 aromatic rings. The highest BCUT2D eigenvalue weighted by molar-refractivity contribution is 5.87. The summed E-state index contributed by atoms with van der Waals surface area (Å²) in [6, 6.07) is 17.4. The van der Waals surface area contributed by atoms with Crippen LogP contribution in [0.3, 0.4) is 0 Å². The van der Waals surface area contributed by atoms with Crippen LogP contribution < -0.4 is 15.6 Å². The normalized spacial score (nSPS) is 14.4. The maximum Gasteiger partial charge on any atom is 0.259 e. The molecule has 1 aliphatic heterocycles. The number of pyridine rings is 1. The van der Waals surface area contributed by atoms with Crippen molar-refractivity contribution in [2.75, 3.05) is 26.2 Å². The van der Waals surface area contributed by atoms with Gasteiger partial charge in [-0.25, -0.2) is 0 Å². The van der Waals surface area contributed by atoms with E-state index in [-0.39, 0.29) is 24.1 Å². The van der Waals surface area contributed by atoms with Gasteiger partial charge >= 0.3 is 0 Å². The van der Waals surface area contributed by atoms with Gasteiger partial charge in [0, 0.05) is 12.6 Å². The van der Waals surface area contributed by atoms with E-state index in [2.05, 4.69) is 10.2 Å². The zero-order valence-electron chi connectivity index (χ0n) is 20.3. The lowest BCUT2D eigenvalue weighted by atomic mass is 10.1.